The normalized spacial score (nSPS) is 17.8. The predicted octanol–water partition coefficient (Wildman–Crippen LogP) is 4.37. The highest BCUT2D eigenvalue weighted by Crippen LogP contribution is 2.41. The van der Waals surface area contributed by atoms with Crippen molar-refractivity contribution in [2.45, 2.75) is 18.8 Å². The number of para-hydroxylation sites is 3. The third kappa shape index (κ3) is 3.49. The summed E-state index contributed by atoms with van der Waals surface area (Å²) in [7, 11) is 0. The molecule has 2 atom stereocenters. The van der Waals surface area contributed by atoms with Crippen molar-refractivity contribution in [2.24, 2.45) is 0 Å². The van der Waals surface area contributed by atoms with Crippen LogP contribution in [0.4, 0.5) is 4.39 Å². The maximum atomic E-state index is 13.9. The lowest BCUT2D eigenvalue weighted by Gasteiger charge is -2.32. The zero-order valence-corrected chi connectivity index (χ0v) is 14.7. The number of carbonyl (C=O) groups is 1. The van der Waals surface area contributed by atoms with Crippen LogP contribution in [-0.4, -0.2) is 17.2 Å². The van der Waals surface area contributed by atoms with Crippen LogP contribution in [0.5, 0.6) is 17.2 Å². The third-order valence-electron chi connectivity index (χ3n) is 4.44. The lowest BCUT2D eigenvalue weighted by molar-refractivity contribution is -0.151. The number of rotatable bonds is 5. The molecule has 6 heteroatoms. The van der Waals surface area contributed by atoms with Crippen LogP contribution in [0.1, 0.15) is 17.2 Å². The molecule has 0 fully saturated rings. The number of benzene rings is 3. The Kier molecular flexibility index (Phi) is 4.85. The van der Waals surface area contributed by atoms with Gasteiger partial charge in [0.2, 0.25) is 6.10 Å². The zero-order valence-electron chi connectivity index (χ0n) is 14.7. The first-order valence-corrected chi connectivity index (χ1v) is 8.74. The lowest BCUT2D eigenvalue weighted by atomic mass is 10.0. The number of hydrogen-bond acceptors (Lipinski definition) is 4. The second kappa shape index (κ2) is 7.60. The second-order valence-electron chi connectivity index (χ2n) is 6.28. The molecule has 4 rings (SSSR count). The Labute approximate surface area is 160 Å². The van der Waals surface area contributed by atoms with E-state index in [2.05, 4.69) is 0 Å². The lowest BCUT2D eigenvalue weighted by Crippen LogP contribution is -2.39. The maximum Gasteiger partial charge on any atom is 0.349 e. The van der Waals surface area contributed by atoms with E-state index in [1.54, 1.807) is 66.7 Å². The fourth-order valence-corrected chi connectivity index (χ4v) is 3.07. The molecule has 0 bridgehead atoms. The molecule has 3 aromatic carbocycles. The van der Waals surface area contributed by atoms with Gasteiger partial charge in [0.05, 0.1) is 0 Å². The number of halogens is 1. The van der Waals surface area contributed by atoms with Crippen LogP contribution in [0.25, 0.3) is 0 Å². The van der Waals surface area contributed by atoms with Gasteiger partial charge in [-0.15, -0.1) is 0 Å². The van der Waals surface area contributed by atoms with Gasteiger partial charge < -0.3 is 19.3 Å². The molecule has 142 valence electrons. The smallest absolute Gasteiger partial charge is 0.349 e. The summed E-state index contributed by atoms with van der Waals surface area (Å²) in [5.41, 5.74) is 0.916. The molecule has 2 unspecified atom stereocenters. The van der Waals surface area contributed by atoms with Crippen LogP contribution in [0.15, 0.2) is 72.8 Å². The van der Waals surface area contributed by atoms with Crippen molar-refractivity contribution in [1.82, 2.24) is 0 Å². The van der Waals surface area contributed by atoms with Crippen LogP contribution in [-0.2, 0) is 11.4 Å². The van der Waals surface area contributed by atoms with E-state index in [9.17, 15) is 14.3 Å². The Balaban J connectivity index is 1.65. The summed E-state index contributed by atoms with van der Waals surface area (Å²) in [6, 6.07) is 20.1. The fourth-order valence-electron chi connectivity index (χ4n) is 3.07. The van der Waals surface area contributed by atoms with Gasteiger partial charge in [-0.3, -0.25) is 0 Å². The van der Waals surface area contributed by atoms with Crippen molar-refractivity contribution in [2.75, 3.05) is 0 Å². The average molecular weight is 380 g/mol. The number of ether oxygens (including phenoxy) is 3. The van der Waals surface area contributed by atoms with E-state index in [4.69, 9.17) is 14.2 Å². The Bertz CT molecular complexity index is 1000. The van der Waals surface area contributed by atoms with Crippen LogP contribution in [0.3, 0.4) is 0 Å². The first-order valence-electron chi connectivity index (χ1n) is 8.74. The summed E-state index contributed by atoms with van der Waals surface area (Å²) in [5, 5.41) is 9.64. The van der Waals surface area contributed by atoms with Crippen molar-refractivity contribution in [3.63, 3.8) is 0 Å². The van der Waals surface area contributed by atoms with Crippen LogP contribution in [0, 0.1) is 5.82 Å². The summed E-state index contributed by atoms with van der Waals surface area (Å²) in [4.78, 5) is 11.8. The molecule has 0 aliphatic carbocycles. The summed E-state index contributed by atoms with van der Waals surface area (Å²) in [6.45, 7) is 0.00554. The minimum absolute atomic E-state index is 0.00554. The van der Waals surface area contributed by atoms with E-state index in [1.807, 2.05) is 0 Å². The molecule has 1 aliphatic heterocycles. The van der Waals surface area contributed by atoms with Crippen LogP contribution >= 0.6 is 0 Å². The minimum atomic E-state index is -1.24. The fraction of sp³-hybridized carbons (Fsp3) is 0.136. The molecule has 0 amide bonds. The van der Waals surface area contributed by atoms with Gasteiger partial charge in [-0.25, -0.2) is 9.18 Å². The highest BCUT2D eigenvalue weighted by molar-refractivity contribution is 5.75. The SMILES string of the molecule is O=C(O)C1Oc2ccccc2OC1c1ccccc1OCc1ccccc1F. The van der Waals surface area contributed by atoms with Gasteiger partial charge in [-0.05, 0) is 24.3 Å². The number of hydrogen-bond donors (Lipinski definition) is 1. The Morgan fingerprint density at radius 1 is 0.929 bits per heavy atom. The summed E-state index contributed by atoms with van der Waals surface area (Å²) in [5.74, 6) is -0.284. The Morgan fingerprint density at radius 3 is 2.32 bits per heavy atom. The van der Waals surface area contributed by atoms with Gasteiger partial charge in [-0.2, -0.15) is 0 Å². The topological polar surface area (TPSA) is 65.0 Å². The predicted molar refractivity (Wildman–Crippen MR) is 99.0 cm³/mol. The third-order valence-corrected chi connectivity index (χ3v) is 4.44. The monoisotopic (exact) mass is 380 g/mol. The van der Waals surface area contributed by atoms with Gasteiger partial charge in [0.15, 0.2) is 17.6 Å². The zero-order chi connectivity index (χ0) is 19.5. The highest BCUT2D eigenvalue weighted by atomic mass is 19.1. The van der Waals surface area contributed by atoms with Gasteiger partial charge in [0.25, 0.3) is 0 Å². The molecule has 3 aromatic rings. The van der Waals surface area contributed by atoms with E-state index >= 15 is 0 Å². The number of carboxylic acid groups (broad SMARTS) is 1. The molecule has 0 aromatic heterocycles. The Hall–Kier alpha value is -3.54. The molecular weight excluding hydrogens is 363 g/mol. The molecule has 1 heterocycles. The summed E-state index contributed by atoms with van der Waals surface area (Å²) < 4.78 is 31.3. The molecule has 0 spiro atoms. The quantitative estimate of drug-likeness (QED) is 0.712. The minimum Gasteiger partial charge on any atom is -0.488 e. The van der Waals surface area contributed by atoms with Gasteiger partial charge in [0, 0.05) is 11.1 Å². The van der Waals surface area contributed by atoms with Crippen molar-refractivity contribution >= 4 is 5.97 Å². The van der Waals surface area contributed by atoms with Gasteiger partial charge in [0.1, 0.15) is 18.2 Å². The van der Waals surface area contributed by atoms with Crippen molar-refractivity contribution in [3.8, 4) is 17.2 Å². The van der Waals surface area contributed by atoms with Crippen LogP contribution < -0.4 is 14.2 Å². The van der Waals surface area contributed by atoms with E-state index in [0.717, 1.165) is 0 Å². The molecule has 5 nitrogen and oxygen atoms in total. The van der Waals surface area contributed by atoms with E-state index in [1.165, 1.54) is 6.07 Å². The van der Waals surface area contributed by atoms with Gasteiger partial charge >= 0.3 is 5.97 Å². The molecule has 1 N–H and O–H groups in total. The highest BCUT2D eigenvalue weighted by Gasteiger charge is 2.39. The molecule has 1 aliphatic rings. The van der Waals surface area contributed by atoms with E-state index in [0.29, 0.717) is 28.4 Å². The second-order valence-corrected chi connectivity index (χ2v) is 6.28. The van der Waals surface area contributed by atoms with E-state index in [-0.39, 0.29) is 12.4 Å². The van der Waals surface area contributed by atoms with E-state index < -0.39 is 18.2 Å². The van der Waals surface area contributed by atoms with Crippen molar-refractivity contribution < 1.29 is 28.5 Å². The molecular formula is C22H17FO5. The number of aliphatic carboxylic acids is 1. The standard InChI is InChI=1S/C22H17FO5/c23-16-9-3-1-7-14(16)13-26-17-10-4-2-8-15(17)20-21(22(24)25)28-19-12-6-5-11-18(19)27-20/h1-12,20-21H,13H2,(H,24,25). The summed E-state index contributed by atoms with van der Waals surface area (Å²) in [6.07, 6.45) is -2.16. The maximum absolute atomic E-state index is 13.9. The number of fused-ring (bicyclic) bond motifs is 1. The van der Waals surface area contributed by atoms with Crippen molar-refractivity contribution in [1.29, 1.82) is 0 Å². The molecule has 0 saturated heterocycles. The largest absolute Gasteiger partial charge is 0.488 e. The van der Waals surface area contributed by atoms with Gasteiger partial charge in [-0.1, -0.05) is 48.5 Å². The first-order chi connectivity index (χ1) is 13.6. The first kappa shape index (κ1) is 17.9. The van der Waals surface area contributed by atoms with Crippen molar-refractivity contribution in [3.05, 3.63) is 89.7 Å². The van der Waals surface area contributed by atoms with Crippen LogP contribution in [0.2, 0.25) is 0 Å². The molecule has 0 radical (unpaired) electrons. The Morgan fingerprint density at radius 2 is 1.57 bits per heavy atom. The molecule has 28 heavy (non-hydrogen) atoms. The molecule has 0 saturated carbocycles. The average Bonchev–Trinajstić information content (AvgIpc) is 2.72. The number of carboxylic acids is 1. The summed E-state index contributed by atoms with van der Waals surface area (Å²) >= 11 is 0.